The van der Waals surface area contributed by atoms with Crippen molar-refractivity contribution in [3.8, 4) is 12.3 Å². The molecule has 0 atom stereocenters. The van der Waals surface area contributed by atoms with Crippen LogP contribution in [-0.2, 0) is 4.79 Å². The van der Waals surface area contributed by atoms with E-state index in [1.165, 1.54) is 6.08 Å². The van der Waals surface area contributed by atoms with Gasteiger partial charge < -0.3 is 0 Å². The van der Waals surface area contributed by atoms with Crippen molar-refractivity contribution in [2.45, 2.75) is 19.4 Å². The fraction of sp³-hybridized carbons (Fsp3) is 0.500. The predicted molar refractivity (Wildman–Crippen MR) is 31.0 cm³/mol. The van der Waals surface area contributed by atoms with E-state index in [1.54, 1.807) is 13.8 Å². The largest absolute Gasteiger partial charge is 0.236 e. The summed E-state index contributed by atoms with van der Waals surface area (Å²) in [4.78, 5) is 12.9. The Morgan fingerprint density at radius 3 is 2.25 bits per heavy atom. The van der Waals surface area contributed by atoms with Crippen molar-refractivity contribution in [1.29, 1.82) is 0 Å². The third kappa shape index (κ3) is 2.17. The molecule has 2 heteroatoms. The highest BCUT2D eigenvalue weighted by Crippen LogP contribution is 2.03. The van der Waals surface area contributed by atoms with Crippen molar-refractivity contribution >= 4 is 6.08 Å². The SMILES string of the molecule is C#CC(C)(C)N=C=O. The average molecular weight is 109 g/mol. The summed E-state index contributed by atoms with van der Waals surface area (Å²) < 4.78 is 0. The molecule has 0 heterocycles. The zero-order valence-corrected chi connectivity index (χ0v) is 4.93. The van der Waals surface area contributed by atoms with Gasteiger partial charge in [-0.2, -0.15) is 4.99 Å². The van der Waals surface area contributed by atoms with Crippen LogP contribution in [0.4, 0.5) is 0 Å². The van der Waals surface area contributed by atoms with Crippen molar-refractivity contribution < 1.29 is 4.79 Å². The van der Waals surface area contributed by atoms with Crippen molar-refractivity contribution in [3.63, 3.8) is 0 Å². The Bertz CT molecular complexity index is 158. The van der Waals surface area contributed by atoms with Crippen LogP contribution in [0.2, 0.25) is 0 Å². The Balaban J connectivity index is 4.19. The Morgan fingerprint density at radius 1 is 1.62 bits per heavy atom. The van der Waals surface area contributed by atoms with Gasteiger partial charge in [-0.15, -0.1) is 6.42 Å². The number of nitrogens with zero attached hydrogens (tertiary/aromatic N) is 1. The maximum absolute atomic E-state index is 9.59. The highest BCUT2D eigenvalue weighted by molar-refractivity contribution is 5.36. The molecule has 42 valence electrons. The topological polar surface area (TPSA) is 29.4 Å². The molecule has 0 aliphatic carbocycles. The molecular formula is C6H7NO. The molecule has 0 aromatic rings. The van der Waals surface area contributed by atoms with E-state index in [-0.39, 0.29) is 0 Å². The normalized spacial score (nSPS) is 9.12. The second-order valence-electron chi connectivity index (χ2n) is 1.91. The molecule has 0 unspecified atom stereocenters. The molecule has 0 aromatic carbocycles. The first-order chi connectivity index (χ1) is 3.62. The summed E-state index contributed by atoms with van der Waals surface area (Å²) in [6.45, 7) is 3.33. The second-order valence-corrected chi connectivity index (χ2v) is 1.91. The van der Waals surface area contributed by atoms with Gasteiger partial charge in [0.05, 0.1) is 0 Å². The molecule has 0 N–H and O–H groups in total. The summed E-state index contributed by atoms with van der Waals surface area (Å²) in [5.74, 6) is 2.31. The number of carbonyl (C=O) groups excluding carboxylic acids is 1. The Hall–Kier alpha value is -1.06. The predicted octanol–water partition coefficient (Wildman–Crippen LogP) is 0.734. The number of isocyanates is 1. The minimum absolute atomic E-state index is 0.679. The van der Waals surface area contributed by atoms with E-state index in [0.717, 1.165) is 0 Å². The van der Waals surface area contributed by atoms with E-state index in [2.05, 4.69) is 10.9 Å². The quantitative estimate of drug-likeness (QED) is 0.277. The Kier molecular flexibility index (Phi) is 1.99. The summed E-state index contributed by atoms with van der Waals surface area (Å²) in [7, 11) is 0. The van der Waals surface area contributed by atoms with E-state index in [0.29, 0.717) is 0 Å². The lowest BCUT2D eigenvalue weighted by Gasteiger charge is -2.04. The van der Waals surface area contributed by atoms with Gasteiger partial charge in [-0.3, -0.25) is 0 Å². The van der Waals surface area contributed by atoms with Crippen LogP contribution in [-0.4, -0.2) is 11.6 Å². The molecule has 2 nitrogen and oxygen atoms in total. The molecule has 0 aromatic heterocycles. The third-order valence-electron chi connectivity index (χ3n) is 0.678. The van der Waals surface area contributed by atoms with Gasteiger partial charge in [0.25, 0.3) is 0 Å². The molecule has 0 rings (SSSR count). The number of terminal acetylenes is 1. The summed E-state index contributed by atoms with van der Waals surface area (Å²) >= 11 is 0. The van der Waals surface area contributed by atoms with Crippen molar-refractivity contribution in [3.05, 3.63) is 0 Å². The van der Waals surface area contributed by atoms with Gasteiger partial charge in [0.15, 0.2) is 0 Å². The van der Waals surface area contributed by atoms with Crippen molar-refractivity contribution in [2.75, 3.05) is 0 Å². The van der Waals surface area contributed by atoms with Crippen molar-refractivity contribution in [1.82, 2.24) is 0 Å². The zero-order chi connectivity index (χ0) is 6.62. The summed E-state index contributed by atoms with van der Waals surface area (Å²) in [6, 6.07) is 0. The van der Waals surface area contributed by atoms with Crippen LogP contribution in [0.1, 0.15) is 13.8 Å². The van der Waals surface area contributed by atoms with E-state index < -0.39 is 5.54 Å². The Morgan fingerprint density at radius 2 is 2.12 bits per heavy atom. The first-order valence-electron chi connectivity index (χ1n) is 2.19. The maximum Gasteiger partial charge on any atom is 0.236 e. The molecule has 0 bridgehead atoms. The van der Waals surface area contributed by atoms with Crippen molar-refractivity contribution in [2.24, 2.45) is 4.99 Å². The molecular weight excluding hydrogens is 102 g/mol. The van der Waals surface area contributed by atoms with Gasteiger partial charge in [-0.1, -0.05) is 5.92 Å². The fourth-order valence-corrected chi connectivity index (χ4v) is 0.146. The minimum Gasteiger partial charge on any atom is -0.211 e. The molecule has 0 saturated carbocycles. The maximum atomic E-state index is 9.59. The third-order valence-corrected chi connectivity index (χ3v) is 0.678. The summed E-state index contributed by atoms with van der Waals surface area (Å²) in [5.41, 5.74) is -0.679. The lowest BCUT2D eigenvalue weighted by Crippen LogP contribution is -2.11. The highest BCUT2D eigenvalue weighted by atomic mass is 16.1. The molecule has 0 amide bonds. The van der Waals surface area contributed by atoms with Gasteiger partial charge in [0.1, 0.15) is 5.54 Å². The average Bonchev–Trinajstić information content (AvgIpc) is 1.67. The van der Waals surface area contributed by atoms with Crippen LogP contribution in [0.3, 0.4) is 0 Å². The Labute approximate surface area is 48.6 Å². The van der Waals surface area contributed by atoms with Gasteiger partial charge in [-0.25, -0.2) is 4.79 Å². The van der Waals surface area contributed by atoms with Crippen LogP contribution >= 0.6 is 0 Å². The van der Waals surface area contributed by atoms with Gasteiger partial charge >= 0.3 is 0 Å². The number of aliphatic imine (C=N–C) groups is 1. The van der Waals surface area contributed by atoms with Crippen LogP contribution in [0.25, 0.3) is 0 Å². The molecule has 0 saturated heterocycles. The standard InChI is InChI=1S/C6H7NO/c1-4-6(2,3)7-5-8/h1H,2-3H3. The molecule has 0 radical (unpaired) electrons. The summed E-state index contributed by atoms with van der Waals surface area (Å²) in [5, 5.41) is 0. The van der Waals surface area contributed by atoms with E-state index in [1.807, 2.05) is 0 Å². The number of hydrogen-bond donors (Lipinski definition) is 0. The highest BCUT2D eigenvalue weighted by Gasteiger charge is 2.09. The molecule has 8 heavy (non-hydrogen) atoms. The van der Waals surface area contributed by atoms with Crippen LogP contribution < -0.4 is 0 Å². The van der Waals surface area contributed by atoms with E-state index in [9.17, 15) is 4.79 Å². The van der Waals surface area contributed by atoms with Gasteiger partial charge in [-0.05, 0) is 13.8 Å². The van der Waals surface area contributed by atoms with Crippen LogP contribution in [0.15, 0.2) is 4.99 Å². The summed E-state index contributed by atoms with van der Waals surface area (Å²) in [6.07, 6.45) is 6.36. The minimum atomic E-state index is -0.679. The smallest absolute Gasteiger partial charge is 0.211 e. The van der Waals surface area contributed by atoms with Gasteiger partial charge in [0.2, 0.25) is 6.08 Å². The zero-order valence-electron chi connectivity index (χ0n) is 4.93. The molecule has 0 fully saturated rings. The molecule has 0 aliphatic heterocycles. The number of rotatable bonds is 1. The molecule has 0 spiro atoms. The lowest BCUT2D eigenvalue weighted by molar-refractivity contribution is 0.553. The second kappa shape index (κ2) is 2.30. The lowest BCUT2D eigenvalue weighted by atomic mass is 10.1. The van der Waals surface area contributed by atoms with E-state index >= 15 is 0 Å². The van der Waals surface area contributed by atoms with Gasteiger partial charge in [0, 0.05) is 0 Å². The number of hydrogen-bond acceptors (Lipinski definition) is 2. The fourth-order valence-electron chi connectivity index (χ4n) is 0.146. The molecule has 0 aliphatic rings. The first-order valence-corrected chi connectivity index (χ1v) is 2.19. The van der Waals surface area contributed by atoms with E-state index in [4.69, 9.17) is 6.42 Å². The monoisotopic (exact) mass is 109 g/mol. The first kappa shape index (κ1) is 6.94. The van der Waals surface area contributed by atoms with Crippen LogP contribution in [0.5, 0.6) is 0 Å². The van der Waals surface area contributed by atoms with Crippen LogP contribution in [0, 0.1) is 12.3 Å².